The third kappa shape index (κ3) is 2.72. The molecule has 1 aliphatic heterocycles. The van der Waals surface area contributed by atoms with Gasteiger partial charge in [-0.15, -0.1) is 0 Å². The van der Waals surface area contributed by atoms with Gasteiger partial charge in [0.05, 0.1) is 5.69 Å². The average molecular weight is 248 g/mol. The first-order chi connectivity index (χ1) is 8.61. The van der Waals surface area contributed by atoms with Gasteiger partial charge in [0, 0.05) is 19.1 Å². The monoisotopic (exact) mass is 248 g/mol. The van der Waals surface area contributed by atoms with Crippen molar-refractivity contribution in [1.29, 1.82) is 0 Å². The van der Waals surface area contributed by atoms with E-state index in [0.29, 0.717) is 0 Å². The molecule has 1 aromatic carbocycles. The van der Waals surface area contributed by atoms with Crippen molar-refractivity contribution in [2.24, 2.45) is 0 Å². The Morgan fingerprint density at radius 1 is 1.39 bits per heavy atom. The predicted octanol–water partition coefficient (Wildman–Crippen LogP) is 3.26. The van der Waals surface area contributed by atoms with Crippen LogP contribution in [0.25, 0.3) is 0 Å². The SMILES string of the molecule is CNC(C)c1ccc(N2CCC=C(C)C2)c(F)c1. The molecule has 0 radical (unpaired) electrons. The van der Waals surface area contributed by atoms with Crippen LogP contribution in [0.3, 0.4) is 0 Å². The molecule has 1 N–H and O–H groups in total. The predicted molar refractivity (Wildman–Crippen MR) is 74.5 cm³/mol. The molecule has 0 amide bonds. The number of hydrogen-bond acceptors (Lipinski definition) is 2. The molecule has 98 valence electrons. The Kier molecular flexibility index (Phi) is 4.02. The normalized spacial score (nSPS) is 17.6. The van der Waals surface area contributed by atoms with E-state index in [2.05, 4.69) is 23.2 Å². The summed E-state index contributed by atoms with van der Waals surface area (Å²) in [5.74, 6) is -0.121. The fraction of sp³-hybridized carbons (Fsp3) is 0.467. The van der Waals surface area contributed by atoms with E-state index >= 15 is 0 Å². The summed E-state index contributed by atoms with van der Waals surface area (Å²) in [5, 5.41) is 3.13. The quantitative estimate of drug-likeness (QED) is 0.826. The van der Waals surface area contributed by atoms with Crippen molar-refractivity contribution < 1.29 is 4.39 Å². The van der Waals surface area contributed by atoms with E-state index in [-0.39, 0.29) is 11.9 Å². The summed E-state index contributed by atoms with van der Waals surface area (Å²) < 4.78 is 14.2. The molecule has 1 unspecified atom stereocenters. The number of benzene rings is 1. The Balaban J connectivity index is 2.22. The van der Waals surface area contributed by atoms with Crippen LogP contribution >= 0.6 is 0 Å². The number of nitrogens with one attached hydrogen (secondary N) is 1. The van der Waals surface area contributed by atoms with Crippen molar-refractivity contribution in [1.82, 2.24) is 5.32 Å². The van der Waals surface area contributed by atoms with Crippen molar-refractivity contribution in [3.8, 4) is 0 Å². The Bertz CT molecular complexity index is 454. The first-order valence-electron chi connectivity index (χ1n) is 6.49. The molecular formula is C15H21FN2. The Hall–Kier alpha value is -1.35. The summed E-state index contributed by atoms with van der Waals surface area (Å²) in [6.07, 6.45) is 3.23. The zero-order chi connectivity index (χ0) is 13.1. The van der Waals surface area contributed by atoms with Crippen LogP contribution in [0.4, 0.5) is 10.1 Å². The number of anilines is 1. The molecule has 0 aromatic heterocycles. The van der Waals surface area contributed by atoms with E-state index in [1.165, 1.54) is 5.57 Å². The minimum Gasteiger partial charge on any atom is -0.365 e. The number of nitrogens with zero attached hydrogens (tertiary/aromatic N) is 1. The molecule has 2 rings (SSSR count). The Morgan fingerprint density at radius 2 is 2.17 bits per heavy atom. The van der Waals surface area contributed by atoms with Crippen molar-refractivity contribution in [2.75, 3.05) is 25.0 Å². The fourth-order valence-electron chi connectivity index (χ4n) is 2.33. The molecule has 2 nitrogen and oxygen atoms in total. The minimum atomic E-state index is -0.121. The van der Waals surface area contributed by atoms with Gasteiger partial charge < -0.3 is 10.2 Å². The van der Waals surface area contributed by atoms with Gasteiger partial charge in [0.2, 0.25) is 0 Å². The van der Waals surface area contributed by atoms with Gasteiger partial charge in [0.25, 0.3) is 0 Å². The minimum absolute atomic E-state index is 0.121. The average Bonchev–Trinajstić information content (AvgIpc) is 2.37. The van der Waals surface area contributed by atoms with E-state index in [9.17, 15) is 4.39 Å². The van der Waals surface area contributed by atoms with Crippen molar-refractivity contribution in [3.05, 3.63) is 41.2 Å². The third-order valence-corrected chi connectivity index (χ3v) is 3.58. The summed E-state index contributed by atoms with van der Waals surface area (Å²) >= 11 is 0. The zero-order valence-corrected chi connectivity index (χ0v) is 11.3. The van der Waals surface area contributed by atoms with Crippen molar-refractivity contribution in [2.45, 2.75) is 26.3 Å². The topological polar surface area (TPSA) is 15.3 Å². The van der Waals surface area contributed by atoms with Gasteiger partial charge in [-0.3, -0.25) is 0 Å². The molecule has 1 heterocycles. The van der Waals surface area contributed by atoms with Crippen LogP contribution in [0.15, 0.2) is 29.8 Å². The summed E-state index contributed by atoms with van der Waals surface area (Å²) in [6, 6.07) is 5.73. The fourth-order valence-corrected chi connectivity index (χ4v) is 2.33. The summed E-state index contributed by atoms with van der Waals surface area (Å²) in [4.78, 5) is 2.11. The highest BCUT2D eigenvalue weighted by Gasteiger charge is 2.15. The summed E-state index contributed by atoms with van der Waals surface area (Å²) in [6.45, 7) is 5.86. The van der Waals surface area contributed by atoms with Gasteiger partial charge >= 0.3 is 0 Å². The molecule has 0 saturated heterocycles. The second kappa shape index (κ2) is 5.53. The molecule has 3 heteroatoms. The van der Waals surface area contributed by atoms with E-state index in [1.807, 2.05) is 26.1 Å². The molecule has 0 saturated carbocycles. The zero-order valence-electron chi connectivity index (χ0n) is 11.3. The van der Waals surface area contributed by atoms with Crippen molar-refractivity contribution >= 4 is 5.69 Å². The van der Waals surface area contributed by atoms with Gasteiger partial charge in [-0.1, -0.05) is 17.7 Å². The highest BCUT2D eigenvalue weighted by atomic mass is 19.1. The van der Waals surface area contributed by atoms with Crippen molar-refractivity contribution in [3.63, 3.8) is 0 Å². The van der Waals surface area contributed by atoms with Gasteiger partial charge in [0.15, 0.2) is 0 Å². The van der Waals surface area contributed by atoms with Crippen LogP contribution in [0.5, 0.6) is 0 Å². The molecule has 0 fully saturated rings. The molecule has 18 heavy (non-hydrogen) atoms. The lowest BCUT2D eigenvalue weighted by Gasteiger charge is -2.29. The Labute approximate surface area is 108 Å². The third-order valence-electron chi connectivity index (χ3n) is 3.58. The number of hydrogen-bond donors (Lipinski definition) is 1. The molecular weight excluding hydrogens is 227 g/mol. The van der Waals surface area contributed by atoms with E-state index < -0.39 is 0 Å². The number of rotatable bonds is 3. The number of halogens is 1. The van der Waals surface area contributed by atoms with Gasteiger partial charge in [-0.05, 0) is 45.0 Å². The maximum Gasteiger partial charge on any atom is 0.146 e. The van der Waals surface area contributed by atoms with Crippen LogP contribution in [0.2, 0.25) is 0 Å². The van der Waals surface area contributed by atoms with E-state index in [4.69, 9.17) is 0 Å². The Morgan fingerprint density at radius 3 is 2.78 bits per heavy atom. The van der Waals surface area contributed by atoms with E-state index in [1.54, 1.807) is 6.07 Å². The second-order valence-corrected chi connectivity index (χ2v) is 4.98. The van der Waals surface area contributed by atoms with Gasteiger partial charge in [0.1, 0.15) is 5.82 Å². The molecule has 1 aromatic rings. The molecule has 0 aliphatic carbocycles. The lowest BCUT2D eigenvalue weighted by molar-refractivity contribution is 0.601. The highest BCUT2D eigenvalue weighted by Crippen LogP contribution is 2.25. The highest BCUT2D eigenvalue weighted by molar-refractivity contribution is 5.51. The van der Waals surface area contributed by atoms with Crippen LogP contribution in [0, 0.1) is 5.82 Å². The molecule has 0 bridgehead atoms. The van der Waals surface area contributed by atoms with Crippen LogP contribution < -0.4 is 10.2 Å². The van der Waals surface area contributed by atoms with Gasteiger partial charge in [-0.25, -0.2) is 4.39 Å². The summed E-state index contributed by atoms with van der Waals surface area (Å²) in [5.41, 5.74) is 3.02. The smallest absolute Gasteiger partial charge is 0.146 e. The molecule has 1 atom stereocenters. The lowest BCUT2D eigenvalue weighted by Crippen LogP contribution is -2.30. The lowest BCUT2D eigenvalue weighted by atomic mass is 10.1. The maximum atomic E-state index is 14.2. The largest absolute Gasteiger partial charge is 0.365 e. The van der Waals surface area contributed by atoms with Crippen LogP contribution in [0.1, 0.15) is 31.9 Å². The molecule has 0 spiro atoms. The van der Waals surface area contributed by atoms with Crippen LogP contribution in [-0.2, 0) is 0 Å². The first-order valence-corrected chi connectivity index (χ1v) is 6.49. The maximum absolute atomic E-state index is 14.2. The molecule has 1 aliphatic rings. The second-order valence-electron chi connectivity index (χ2n) is 4.98. The van der Waals surface area contributed by atoms with E-state index in [0.717, 1.165) is 30.8 Å². The first kappa shape index (κ1) is 13.1. The standard InChI is InChI=1S/C15H21FN2/c1-11-5-4-8-18(10-11)15-7-6-13(9-14(15)16)12(2)17-3/h5-7,9,12,17H,4,8,10H2,1-3H3. The van der Waals surface area contributed by atoms with Crippen LogP contribution in [-0.4, -0.2) is 20.1 Å². The van der Waals surface area contributed by atoms with Gasteiger partial charge in [-0.2, -0.15) is 0 Å². The summed E-state index contributed by atoms with van der Waals surface area (Å²) in [7, 11) is 1.88.